The monoisotopic (exact) mass is 997 g/mol. The molecule has 0 aliphatic heterocycles. The summed E-state index contributed by atoms with van der Waals surface area (Å²) >= 11 is 0. The highest BCUT2D eigenvalue weighted by Crippen LogP contribution is 2.17. The van der Waals surface area contributed by atoms with Crippen LogP contribution in [0, 0.1) is 0 Å². The first-order valence-corrected chi connectivity index (χ1v) is 31.5. The largest absolute Gasteiger partial charge is 0.462 e. The van der Waals surface area contributed by atoms with Crippen LogP contribution in [-0.4, -0.2) is 37.2 Å². The molecule has 6 nitrogen and oxygen atoms in total. The van der Waals surface area contributed by atoms with Crippen LogP contribution in [0.25, 0.3) is 0 Å². The molecule has 0 N–H and O–H groups in total. The fraction of sp³-hybridized carbons (Fsp3) is 0.862. The SMILES string of the molecule is CCCCCCC/C=C\C/C=C\C/C=C\CCCCCCCCCCCCCCCCCCC(=O)OCC(COC(=O)CCCCCCCCCC)OC(=O)CCCCCCCCCCCCCCCC. The summed E-state index contributed by atoms with van der Waals surface area (Å²) in [6, 6.07) is 0. The molecule has 0 fully saturated rings. The molecule has 1 atom stereocenters. The van der Waals surface area contributed by atoms with E-state index in [4.69, 9.17) is 14.2 Å². The number of allylic oxidation sites excluding steroid dienone is 6. The van der Waals surface area contributed by atoms with Gasteiger partial charge in [-0.2, -0.15) is 0 Å². The topological polar surface area (TPSA) is 78.9 Å². The predicted octanol–water partition coefficient (Wildman–Crippen LogP) is 21.2. The number of ether oxygens (including phenoxy) is 3. The second-order valence-electron chi connectivity index (χ2n) is 21.3. The summed E-state index contributed by atoms with van der Waals surface area (Å²) in [4.78, 5) is 38.0. The summed E-state index contributed by atoms with van der Waals surface area (Å²) in [5.41, 5.74) is 0. The minimum Gasteiger partial charge on any atom is -0.462 e. The fourth-order valence-corrected chi connectivity index (χ4v) is 9.39. The van der Waals surface area contributed by atoms with Crippen LogP contribution in [0.1, 0.15) is 342 Å². The highest BCUT2D eigenvalue weighted by Gasteiger charge is 2.19. The van der Waals surface area contributed by atoms with E-state index >= 15 is 0 Å². The van der Waals surface area contributed by atoms with E-state index in [9.17, 15) is 14.4 Å². The lowest BCUT2D eigenvalue weighted by atomic mass is 10.0. The molecule has 0 aliphatic carbocycles. The summed E-state index contributed by atoms with van der Waals surface area (Å²) in [6.45, 7) is 6.64. The Kier molecular flexibility index (Phi) is 58.2. The Morgan fingerprint density at radius 2 is 0.507 bits per heavy atom. The van der Waals surface area contributed by atoms with E-state index < -0.39 is 6.10 Å². The van der Waals surface area contributed by atoms with E-state index in [0.29, 0.717) is 19.3 Å². The van der Waals surface area contributed by atoms with Gasteiger partial charge in [-0.3, -0.25) is 14.4 Å². The molecule has 0 heterocycles. The highest BCUT2D eigenvalue weighted by atomic mass is 16.6. The smallest absolute Gasteiger partial charge is 0.306 e. The van der Waals surface area contributed by atoms with Gasteiger partial charge in [-0.15, -0.1) is 0 Å². The standard InChI is InChI=1S/C65H120O6/c1-4-7-10-13-16-19-21-23-25-26-27-28-29-30-31-32-33-34-35-36-37-38-39-40-41-43-44-46-49-52-55-58-64(67)70-61-62(60-69-63(66)57-54-51-48-18-15-12-9-6-3)71-65(68)59-56-53-50-47-45-42-24-22-20-17-14-11-8-5-2/h21,23,26-27,29-30,62H,4-20,22,24-25,28,31-61H2,1-3H3/b23-21-,27-26-,30-29-. The van der Waals surface area contributed by atoms with Crippen molar-refractivity contribution >= 4 is 17.9 Å². The van der Waals surface area contributed by atoms with Crippen LogP contribution in [0.2, 0.25) is 0 Å². The lowest BCUT2D eigenvalue weighted by Crippen LogP contribution is -2.30. The van der Waals surface area contributed by atoms with E-state index in [1.807, 2.05) is 0 Å². The van der Waals surface area contributed by atoms with Crippen LogP contribution in [-0.2, 0) is 28.6 Å². The van der Waals surface area contributed by atoms with Crippen molar-refractivity contribution in [3.05, 3.63) is 36.5 Å². The average molecular weight is 998 g/mol. The fourth-order valence-electron chi connectivity index (χ4n) is 9.39. The van der Waals surface area contributed by atoms with Crippen molar-refractivity contribution in [3.8, 4) is 0 Å². The van der Waals surface area contributed by atoms with Gasteiger partial charge in [0.25, 0.3) is 0 Å². The second-order valence-corrected chi connectivity index (χ2v) is 21.3. The molecule has 0 amide bonds. The highest BCUT2D eigenvalue weighted by molar-refractivity contribution is 5.71. The number of unbranched alkanes of at least 4 members (excludes halogenated alkanes) is 41. The number of esters is 3. The molecule has 0 saturated carbocycles. The lowest BCUT2D eigenvalue weighted by Gasteiger charge is -2.18. The molecular formula is C65H120O6. The Morgan fingerprint density at radius 1 is 0.282 bits per heavy atom. The van der Waals surface area contributed by atoms with Gasteiger partial charge in [-0.1, -0.05) is 301 Å². The minimum atomic E-state index is -0.765. The molecule has 0 rings (SSSR count). The molecule has 6 heteroatoms. The molecule has 0 radical (unpaired) electrons. The Balaban J connectivity index is 4.02. The Labute approximate surface area is 442 Å². The summed E-state index contributed by atoms with van der Waals surface area (Å²) in [5, 5.41) is 0. The maximum atomic E-state index is 12.8. The first-order chi connectivity index (χ1) is 35.0. The molecule has 1 unspecified atom stereocenters. The molecule has 0 saturated heterocycles. The number of carbonyl (C=O) groups excluding carboxylic acids is 3. The van der Waals surface area contributed by atoms with Gasteiger partial charge in [0, 0.05) is 19.3 Å². The third-order valence-electron chi connectivity index (χ3n) is 14.1. The third-order valence-corrected chi connectivity index (χ3v) is 14.1. The van der Waals surface area contributed by atoms with Crippen molar-refractivity contribution in [2.75, 3.05) is 13.2 Å². The zero-order chi connectivity index (χ0) is 51.4. The van der Waals surface area contributed by atoms with E-state index in [-0.39, 0.29) is 31.1 Å². The molecule has 71 heavy (non-hydrogen) atoms. The normalized spacial score (nSPS) is 12.2. The maximum absolute atomic E-state index is 12.8. The van der Waals surface area contributed by atoms with Crippen LogP contribution in [0.3, 0.4) is 0 Å². The predicted molar refractivity (Wildman–Crippen MR) is 307 cm³/mol. The van der Waals surface area contributed by atoms with Crippen molar-refractivity contribution in [2.24, 2.45) is 0 Å². The Morgan fingerprint density at radius 3 is 0.789 bits per heavy atom. The number of rotatable bonds is 58. The van der Waals surface area contributed by atoms with Crippen molar-refractivity contribution in [2.45, 2.75) is 348 Å². The zero-order valence-electron chi connectivity index (χ0n) is 47.8. The van der Waals surface area contributed by atoms with Gasteiger partial charge in [0.15, 0.2) is 6.10 Å². The summed E-state index contributed by atoms with van der Waals surface area (Å²) < 4.78 is 16.8. The number of hydrogen-bond donors (Lipinski definition) is 0. The Bertz CT molecular complexity index is 1190. The molecule has 0 aliphatic rings. The first-order valence-electron chi connectivity index (χ1n) is 31.5. The van der Waals surface area contributed by atoms with Crippen LogP contribution in [0.15, 0.2) is 36.5 Å². The molecule has 416 valence electrons. The van der Waals surface area contributed by atoms with Crippen molar-refractivity contribution in [1.82, 2.24) is 0 Å². The third kappa shape index (κ3) is 58.4. The van der Waals surface area contributed by atoms with Gasteiger partial charge in [-0.05, 0) is 57.8 Å². The van der Waals surface area contributed by atoms with Gasteiger partial charge in [-0.25, -0.2) is 0 Å². The van der Waals surface area contributed by atoms with E-state index in [1.54, 1.807) is 0 Å². The van der Waals surface area contributed by atoms with Crippen LogP contribution < -0.4 is 0 Å². The van der Waals surface area contributed by atoms with Gasteiger partial charge in [0.05, 0.1) is 0 Å². The van der Waals surface area contributed by atoms with E-state index in [2.05, 4.69) is 57.2 Å². The minimum absolute atomic E-state index is 0.0663. The summed E-state index contributed by atoms with van der Waals surface area (Å²) in [7, 11) is 0. The van der Waals surface area contributed by atoms with Gasteiger partial charge < -0.3 is 14.2 Å². The van der Waals surface area contributed by atoms with Crippen LogP contribution >= 0.6 is 0 Å². The molecule has 0 aromatic heterocycles. The molecule has 0 bridgehead atoms. The quantitative estimate of drug-likeness (QED) is 0.0261. The number of carbonyl (C=O) groups is 3. The van der Waals surface area contributed by atoms with Gasteiger partial charge in [0.1, 0.15) is 13.2 Å². The van der Waals surface area contributed by atoms with Crippen molar-refractivity contribution in [3.63, 3.8) is 0 Å². The summed E-state index contributed by atoms with van der Waals surface area (Å²) in [6.07, 6.45) is 73.2. The van der Waals surface area contributed by atoms with Gasteiger partial charge in [0.2, 0.25) is 0 Å². The van der Waals surface area contributed by atoms with E-state index in [1.165, 1.54) is 231 Å². The van der Waals surface area contributed by atoms with Crippen molar-refractivity contribution < 1.29 is 28.6 Å². The van der Waals surface area contributed by atoms with Crippen LogP contribution in [0.5, 0.6) is 0 Å². The van der Waals surface area contributed by atoms with Crippen LogP contribution in [0.4, 0.5) is 0 Å². The molecule has 0 aromatic rings. The molecule has 0 spiro atoms. The second kappa shape index (κ2) is 60.2. The molecule has 0 aromatic carbocycles. The van der Waals surface area contributed by atoms with Gasteiger partial charge >= 0.3 is 17.9 Å². The van der Waals surface area contributed by atoms with Crippen molar-refractivity contribution in [1.29, 1.82) is 0 Å². The summed E-state index contributed by atoms with van der Waals surface area (Å²) in [5.74, 6) is -0.850. The first kappa shape index (κ1) is 68.6. The molecular weight excluding hydrogens is 877 g/mol. The van der Waals surface area contributed by atoms with E-state index in [0.717, 1.165) is 70.6 Å². The lowest BCUT2D eigenvalue weighted by molar-refractivity contribution is -0.167. The Hall–Kier alpha value is -2.37. The number of hydrogen-bond acceptors (Lipinski definition) is 6. The average Bonchev–Trinajstić information content (AvgIpc) is 3.37. The maximum Gasteiger partial charge on any atom is 0.306 e. The zero-order valence-corrected chi connectivity index (χ0v) is 47.8.